The Morgan fingerprint density at radius 2 is 1.52 bits per heavy atom. The fraction of sp³-hybridized carbons (Fsp3) is 0.125. The fourth-order valence-electron chi connectivity index (χ4n) is 2.85. The van der Waals surface area contributed by atoms with Crippen molar-refractivity contribution in [2.45, 2.75) is 20.3 Å². The smallest absolute Gasteiger partial charge is 0.275 e. The number of benzene rings is 3. The monoisotopic (exact) mass is 416 g/mol. The quantitative estimate of drug-likeness (QED) is 0.334. The van der Waals surface area contributed by atoms with Gasteiger partial charge < -0.3 is 15.7 Å². The van der Waals surface area contributed by atoms with Gasteiger partial charge in [0.25, 0.3) is 5.91 Å². The lowest BCUT2D eigenvalue weighted by Crippen LogP contribution is -2.21. The average Bonchev–Trinajstić information content (AvgIpc) is 2.76. The van der Waals surface area contributed by atoms with Crippen LogP contribution in [0.1, 0.15) is 29.3 Å². The van der Waals surface area contributed by atoms with Gasteiger partial charge >= 0.3 is 0 Å². The van der Waals surface area contributed by atoms with Crippen LogP contribution < -0.4 is 16.1 Å². The van der Waals surface area contributed by atoms with Gasteiger partial charge in [-0.15, -0.1) is 0 Å². The zero-order valence-electron chi connectivity index (χ0n) is 17.3. The highest BCUT2D eigenvalue weighted by Crippen LogP contribution is 2.21. The second-order valence-corrected chi connectivity index (χ2v) is 7.05. The number of carbonyl (C=O) groups excluding carboxylic acids is 2. The molecular weight excluding hydrogens is 392 g/mol. The Bertz CT molecular complexity index is 1090. The topological polar surface area (TPSA) is 103 Å². The summed E-state index contributed by atoms with van der Waals surface area (Å²) >= 11 is 0. The summed E-state index contributed by atoms with van der Waals surface area (Å²) in [5.41, 5.74) is 6.07. The highest BCUT2D eigenvalue weighted by atomic mass is 16.3. The summed E-state index contributed by atoms with van der Waals surface area (Å²) in [6.07, 6.45) is 0.0180. The third kappa shape index (κ3) is 6.17. The number of aromatic hydroxyl groups is 1. The molecule has 0 heterocycles. The van der Waals surface area contributed by atoms with Gasteiger partial charge in [0.15, 0.2) is 0 Å². The zero-order chi connectivity index (χ0) is 22.2. The highest BCUT2D eigenvalue weighted by Gasteiger charge is 2.12. The number of amides is 2. The molecule has 31 heavy (non-hydrogen) atoms. The first kappa shape index (κ1) is 21.6. The molecule has 0 unspecified atom stereocenters. The van der Waals surface area contributed by atoms with Crippen molar-refractivity contribution in [2.75, 3.05) is 10.6 Å². The molecule has 0 aliphatic rings. The Balaban J connectivity index is 1.51. The number of nitrogens with one attached hydrogen (secondary N) is 3. The van der Waals surface area contributed by atoms with Crippen LogP contribution in [0, 0.1) is 6.92 Å². The number of hydrazone groups is 1. The molecule has 0 aromatic heterocycles. The molecule has 0 bridgehead atoms. The van der Waals surface area contributed by atoms with Crippen molar-refractivity contribution in [3.8, 4) is 5.75 Å². The maximum absolute atomic E-state index is 12.3. The van der Waals surface area contributed by atoms with Gasteiger partial charge in [-0.25, -0.2) is 5.43 Å². The van der Waals surface area contributed by atoms with Crippen LogP contribution in [-0.2, 0) is 4.79 Å². The molecule has 2 amide bonds. The maximum atomic E-state index is 12.3. The SMILES string of the molecule is C/C(CC(=O)Nc1ccc(Nc2ccccc2)cc1)=N\NC(=O)c1cccc(C)c1O. The van der Waals surface area contributed by atoms with Crippen LogP contribution in [0.4, 0.5) is 17.1 Å². The lowest BCUT2D eigenvalue weighted by Gasteiger charge is -2.09. The Kier molecular flexibility index (Phi) is 7.01. The van der Waals surface area contributed by atoms with E-state index in [1.54, 1.807) is 38.1 Å². The van der Waals surface area contributed by atoms with E-state index in [9.17, 15) is 14.7 Å². The van der Waals surface area contributed by atoms with Gasteiger partial charge in [-0.3, -0.25) is 9.59 Å². The van der Waals surface area contributed by atoms with Crippen LogP contribution in [0.3, 0.4) is 0 Å². The number of hydrogen-bond acceptors (Lipinski definition) is 5. The van der Waals surface area contributed by atoms with Crippen molar-refractivity contribution in [3.05, 3.63) is 83.9 Å². The molecule has 158 valence electrons. The number of aryl methyl sites for hydroxylation is 1. The van der Waals surface area contributed by atoms with E-state index in [0.29, 0.717) is 17.0 Å². The Hall–Kier alpha value is -4.13. The number of phenolic OH excluding ortho intramolecular Hbond substituents is 1. The van der Waals surface area contributed by atoms with E-state index >= 15 is 0 Å². The van der Waals surface area contributed by atoms with Gasteiger partial charge in [-0.05, 0) is 61.9 Å². The van der Waals surface area contributed by atoms with Gasteiger partial charge in [0.2, 0.25) is 5.91 Å². The number of rotatable bonds is 7. The van der Waals surface area contributed by atoms with Crippen molar-refractivity contribution in [2.24, 2.45) is 5.10 Å². The number of hydrogen-bond donors (Lipinski definition) is 4. The second kappa shape index (κ2) is 10.1. The molecule has 0 aliphatic carbocycles. The molecular formula is C24H24N4O3. The van der Waals surface area contributed by atoms with Crippen LogP contribution in [0.2, 0.25) is 0 Å². The molecule has 0 saturated heterocycles. The zero-order valence-corrected chi connectivity index (χ0v) is 17.3. The predicted molar refractivity (Wildman–Crippen MR) is 123 cm³/mol. The Morgan fingerprint density at radius 1 is 0.871 bits per heavy atom. The number of para-hydroxylation sites is 2. The van der Waals surface area contributed by atoms with Crippen LogP contribution in [0.25, 0.3) is 0 Å². The summed E-state index contributed by atoms with van der Waals surface area (Å²) in [6, 6.07) is 22.0. The number of anilines is 3. The van der Waals surface area contributed by atoms with Crippen molar-refractivity contribution in [1.29, 1.82) is 0 Å². The molecule has 0 radical (unpaired) electrons. The largest absolute Gasteiger partial charge is 0.507 e. The molecule has 0 aliphatic heterocycles. The van der Waals surface area contributed by atoms with Crippen molar-refractivity contribution >= 4 is 34.6 Å². The molecule has 3 rings (SSSR count). The Morgan fingerprint density at radius 3 is 2.23 bits per heavy atom. The Labute approximate surface area is 180 Å². The first-order valence-corrected chi connectivity index (χ1v) is 9.76. The van der Waals surface area contributed by atoms with E-state index in [0.717, 1.165) is 11.4 Å². The summed E-state index contributed by atoms with van der Waals surface area (Å²) < 4.78 is 0. The second-order valence-electron chi connectivity index (χ2n) is 7.05. The van der Waals surface area contributed by atoms with E-state index in [1.807, 2.05) is 42.5 Å². The minimum Gasteiger partial charge on any atom is -0.507 e. The van der Waals surface area contributed by atoms with E-state index in [2.05, 4.69) is 21.2 Å². The number of nitrogens with zero attached hydrogens (tertiary/aromatic N) is 1. The van der Waals surface area contributed by atoms with Crippen molar-refractivity contribution in [1.82, 2.24) is 5.43 Å². The standard InChI is InChI=1S/C24H24N4O3/c1-16-7-6-10-21(23(16)30)24(31)28-27-17(2)15-22(29)26-20-13-11-19(12-14-20)25-18-8-4-3-5-9-18/h3-14,25,30H,15H2,1-2H3,(H,26,29)(H,28,31)/b27-17+. The normalized spacial score (nSPS) is 11.0. The van der Waals surface area contributed by atoms with E-state index in [4.69, 9.17) is 0 Å². The molecule has 3 aromatic carbocycles. The van der Waals surface area contributed by atoms with Gasteiger partial charge in [0.05, 0.1) is 12.0 Å². The van der Waals surface area contributed by atoms with Gasteiger partial charge in [0, 0.05) is 22.8 Å². The fourth-order valence-corrected chi connectivity index (χ4v) is 2.85. The van der Waals surface area contributed by atoms with Crippen LogP contribution >= 0.6 is 0 Å². The summed E-state index contributed by atoms with van der Waals surface area (Å²) in [5, 5.41) is 20.0. The van der Waals surface area contributed by atoms with Gasteiger partial charge in [-0.1, -0.05) is 30.3 Å². The molecule has 0 saturated carbocycles. The first-order chi connectivity index (χ1) is 14.9. The molecule has 0 fully saturated rings. The molecule has 7 heteroatoms. The molecule has 0 atom stereocenters. The molecule has 0 spiro atoms. The minimum absolute atomic E-state index is 0.0180. The molecule has 3 aromatic rings. The predicted octanol–water partition coefficient (Wildman–Crippen LogP) is 4.58. The van der Waals surface area contributed by atoms with Gasteiger partial charge in [0.1, 0.15) is 5.75 Å². The summed E-state index contributed by atoms with van der Waals surface area (Å²) in [7, 11) is 0. The van der Waals surface area contributed by atoms with Crippen LogP contribution in [0.15, 0.2) is 77.9 Å². The molecule has 4 N–H and O–H groups in total. The highest BCUT2D eigenvalue weighted by molar-refractivity contribution is 6.06. The lowest BCUT2D eigenvalue weighted by molar-refractivity contribution is -0.115. The first-order valence-electron chi connectivity index (χ1n) is 9.76. The number of phenols is 1. The van der Waals surface area contributed by atoms with E-state index in [-0.39, 0.29) is 23.6 Å². The third-order valence-electron chi connectivity index (χ3n) is 4.48. The van der Waals surface area contributed by atoms with E-state index < -0.39 is 5.91 Å². The minimum atomic E-state index is -0.539. The summed E-state index contributed by atoms with van der Waals surface area (Å²) in [4.78, 5) is 24.4. The van der Waals surface area contributed by atoms with Gasteiger partial charge in [-0.2, -0.15) is 5.10 Å². The van der Waals surface area contributed by atoms with Crippen LogP contribution in [-0.4, -0.2) is 22.6 Å². The average molecular weight is 416 g/mol. The lowest BCUT2D eigenvalue weighted by atomic mass is 10.1. The number of carbonyl (C=O) groups is 2. The summed E-state index contributed by atoms with van der Waals surface area (Å²) in [6.45, 7) is 3.35. The summed E-state index contributed by atoms with van der Waals surface area (Å²) in [5.74, 6) is -0.879. The van der Waals surface area contributed by atoms with Crippen molar-refractivity contribution in [3.63, 3.8) is 0 Å². The van der Waals surface area contributed by atoms with Crippen molar-refractivity contribution < 1.29 is 14.7 Å². The van der Waals surface area contributed by atoms with Crippen LogP contribution in [0.5, 0.6) is 5.75 Å². The van der Waals surface area contributed by atoms with E-state index in [1.165, 1.54) is 6.07 Å². The molecule has 7 nitrogen and oxygen atoms in total. The maximum Gasteiger partial charge on any atom is 0.275 e. The third-order valence-corrected chi connectivity index (χ3v) is 4.48.